The molecule has 0 fully saturated rings. The van der Waals surface area contributed by atoms with Gasteiger partial charge in [-0.2, -0.15) is 0 Å². The van der Waals surface area contributed by atoms with Crippen LogP contribution in [-0.4, -0.2) is 12.9 Å². The first kappa shape index (κ1) is 13.6. The average Bonchev–Trinajstić information content (AvgIpc) is 2.36. The van der Waals surface area contributed by atoms with Crippen LogP contribution in [0, 0.1) is 12.7 Å². The van der Waals surface area contributed by atoms with Gasteiger partial charge in [0.1, 0.15) is 11.6 Å². The van der Waals surface area contributed by atoms with Gasteiger partial charge in [0.25, 0.3) is 0 Å². The normalized spacial score (nSPS) is 10.3. The lowest BCUT2D eigenvalue weighted by Crippen LogP contribution is -2.02. The van der Waals surface area contributed by atoms with Gasteiger partial charge in [-0.05, 0) is 48.9 Å². The second kappa shape index (κ2) is 5.41. The molecular formula is C15H12ClFO2. The van der Waals surface area contributed by atoms with Gasteiger partial charge in [0, 0.05) is 11.1 Å². The minimum absolute atomic E-state index is 0.271. The molecule has 2 rings (SSSR count). The molecule has 0 atom stereocenters. The van der Waals surface area contributed by atoms with Gasteiger partial charge in [-0.25, -0.2) is 4.39 Å². The number of carbonyl (C=O) groups is 1. The second-order valence-corrected chi connectivity index (χ2v) is 4.60. The van der Waals surface area contributed by atoms with Crippen LogP contribution in [0.15, 0.2) is 36.4 Å². The molecule has 2 aromatic carbocycles. The summed E-state index contributed by atoms with van der Waals surface area (Å²) in [5.41, 5.74) is 1.40. The van der Waals surface area contributed by atoms with E-state index in [0.29, 0.717) is 27.5 Å². The van der Waals surface area contributed by atoms with Gasteiger partial charge >= 0.3 is 0 Å². The standard InChI is InChI=1S/C15H12ClFO2/c1-9-5-11(7-12(17)6-9)15(18)10-3-4-14(19-2)13(16)8-10/h3-8H,1-2H3. The highest BCUT2D eigenvalue weighted by molar-refractivity contribution is 6.32. The number of aryl methyl sites for hydroxylation is 1. The van der Waals surface area contributed by atoms with Gasteiger partial charge in [0.05, 0.1) is 12.1 Å². The first-order chi connectivity index (χ1) is 9.01. The second-order valence-electron chi connectivity index (χ2n) is 4.20. The molecule has 0 amide bonds. The largest absolute Gasteiger partial charge is 0.495 e. The van der Waals surface area contributed by atoms with Crippen molar-refractivity contribution >= 4 is 17.4 Å². The SMILES string of the molecule is COc1ccc(C(=O)c2cc(C)cc(F)c2)cc1Cl. The molecule has 0 aliphatic carbocycles. The number of hydrogen-bond acceptors (Lipinski definition) is 2. The molecule has 0 unspecified atom stereocenters. The van der Waals surface area contributed by atoms with Crippen molar-refractivity contribution in [2.24, 2.45) is 0 Å². The number of hydrogen-bond donors (Lipinski definition) is 0. The Hall–Kier alpha value is -1.87. The predicted octanol–water partition coefficient (Wildman–Crippen LogP) is 4.03. The Morgan fingerprint density at radius 3 is 2.47 bits per heavy atom. The van der Waals surface area contributed by atoms with Crippen molar-refractivity contribution in [1.29, 1.82) is 0 Å². The Kier molecular flexibility index (Phi) is 3.86. The zero-order valence-electron chi connectivity index (χ0n) is 10.5. The Morgan fingerprint density at radius 2 is 1.89 bits per heavy atom. The van der Waals surface area contributed by atoms with Crippen molar-refractivity contribution in [3.63, 3.8) is 0 Å². The molecule has 19 heavy (non-hydrogen) atoms. The van der Waals surface area contributed by atoms with Crippen molar-refractivity contribution in [3.05, 3.63) is 63.9 Å². The summed E-state index contributed by atoms with van der Waals surface area (Å²) in [5, 5.41) is 0.349. The molecule has 0 aliphatic rings. The molecule has 0 N–H and O–H groups in total. The molecule has 0 bridgehead atoms. The summed E-state index contributed by atoms with van der Waals surface area (Å²) in [7, 11) is 1.50. The van der Waals surface area contributed by atoms with Gasteiger partial charge in [-0.3, -0.25) is 4.79 Å². The Balaban J connectivity index is 2.41. The molecule has 98 valence electrons. The van der Waals surface area contributed by atoms with Crippen molar-refractivity contribution in [1.82, 2.24) is 0 Å². The van der Waals surface area contributed by atoms with Gasteiger partial charge in [0.15, 0.2) is 5.78 Å². The summed E-state index contributed by atoms with van der Waals surface area (Å²) in [6, 6.07) is 8.97. The molecule has 0 saturated carbocycles. The maximum absolute atomic E-state index is 13.3. The topological polar surface area (TPSA) is 26.3 Å². The summed E-state index contributed by atoms with van der Waals surface area (Å²) in [4.78, 5) is 12.2. The van der Waals surface area contributed by atoms with Gasteiger partial charge in [-0.1, -0.05) is 11.6 Å². The van der Waals surface area contributed by atoms with E-state index in [4.69, 9.17) is 16.3 Å². The minimum atomic E-state index is -0.428. The fourth-order valence-electron chi connectivity index (χ4n) is 1.84. The maximum Gasteiger partial charge on any atom is 0.193 e. The number of methoxy groups -OCH3 is 1. The lowest BCUT2D eigenvalue weighted by molar-refractivity contribution is 0.103. The van der Waals surface area contributed by atoms with Crippen LogP contribution in [0.25, 0.3) is 0 Å². The molecule has 0 radical (unpaired) electrons. The molecule has 4 heteroatoms. The van der Waals surface area contributed by atoms with Gasteiger partial charge in [0.2, 0.25) is 0 Å². The fraction of sp³-hybridized carbons (Fsp3) is 0.133. The van der Waals surface area contributed by atoms with E-state index < -0.39 is 5.82 Å². The highest BCUT2D eigenvalue weighted by Crippen LogP contribution is 2.26. The zero-order valence-corrected chi connectivity index (χ0v) is 11.3. The lowest BCUT2D eigenvalue weighted by atomic mass is 10.0. The summed E-state index contributed by atoms with van der Waals surface area (Å²) in [5.74, 6) is -0.205. The molecule has 0 heterocycles. The van der Waals surface area contributed by atoms with E-state index >= 15 is 0 Å². The third-order valence-electron chi connectivity index (χ3n) is 2.72. The van der Waals surface area contributed by atoms with Crippen LogP contribution in [0.2, 0.25) is 5.02 Å². The number of ether oxygens (including phenoxy) is 1. The maximum atomic E-state index is 13.3. The Morgan fingerprint density at radius 1 is 1.16 bits per heavy atom. The van der Waals surface area contributed by atoms with E-state index in [1.807, 2.05) is 0 Å². The van der Waals surface area contributed by atoms with E-state index in [1.54, 1.807) is 25.1 Å². The molecule has 0 aliphatic heterocycles. The summed E-state index contributed by atoms with van der Waals surface area (Å²) in [6.07, 6.45) is 0. The molecule has 2 aromatic rings. The lowest BCUT2D eigenvalue weighted by Gasteiger charge is -2.06. The Labute approximate surface area is 115 Å². The van der Waals surface area contributed by atoms with Crippen LogP contribution in [-0.2, 0) is 0 Å². The molecular weight excluding hydrogens is 267 g/mol. The van der Waals surface area contributed by atoms with Crippen molar-refractivity contribution in [2.45, 2.75) is 6.92 Å². The van der Waals surface area contributed by atoms with Crippen LogP contribution in [0.4, 0.5) is 4.39 Å². The van der Waals surface area contributed by atoms with E-state index in [0.717, 1.165) is 0 Å². The quantitative estimate of drug-likeness (QED) is 0.793. The highest BCUT2D eigenvalue weighted by Gasteiger charge is 2.12. The molecule has 0 aromatic heterocycles. The van der Waals surface area contributed by atoms with Gasteiger partial charge < -0.3 is 4.74 Å². The van der Waals surface area contributed by atoms with E-state index in [-0.39, 0.29) is 5.78 Å². The predicted molar refractivity (Wildman–Crippen MR) is 72.6 cm³/mol. The van der Waals surface area contributed by atoms with Crippen LogP contribution < -0.4 is 4.74 Å². The number of carbonyl (C=O) groups excluding carboxylic acids is 1. The van der Waals surface area contributed by atoms with Crippen molar-refractivity contribution in [3.8, 4) is 5.75 Å². The summed E-state index contributed by atoms with van der Waals surface area (Å²) in [6.45, 7) is 1.74. The third kappa shape index (κ3) is 2.93. The van der Waals surface area contributed by atoms with E-state index in [1.165, 1.54) is 25.3 Å². The average molecular weight is 279 g/mol. The zero-order chi connectivity index (χ0) is 14.0. The first-order valence-corrected chi connectivity index (χ1v) is 6.04. The number of benzene rings is 2. The molecule has 2 nitrogen and oxygen atoms in total. The van der Waals surface area contributed by atoms with Crippen molar-refractivity contribution in [2.75, 3.05) is 7.11 Å². The first-order valence-electron chi connectivity index (χ1n) is 5.66. The monoisotopic (exact) mass is 278 g/mol. The fourth-order valence-corrected chi connectivity index (χ4v) is 2.10. The van der Waals surface area contributed by atoms with E-state index in [2.05, 4.69) is 0 Å². The van der Waals surface area contributed by atoms with E-state index in [9.17, 15) is 9.18 Å². The van der Waals surface area contributed by atoms with Crippen molar-refractivity contribution < 1.29 is 13.9 Å². The van der Waals surface area contributed by atoms with Crippen LogP contribution >= 0.6 is 11.6 Å². The van der Waals surface area contributed by atoms with Crippen LogP contribution in [0.1, 0.15) is 21.5 Å². The van der Waals surface area contributed by atoms with Crippen LogP contribution in [0.5, 0.6) is 5.75 Å². The third-order valence-corrected chi connectivity index (χ3v) is 3.01. The minimum Gasteiger partial charge on any atom is -0.495 e. The molecule has 0 spiro atoms. The smallest absolute Gasteiger partial charge is 0.193 e. The van der Waals surface area contributed by atoms with Crippen LogP contribution in [0.3, 0.4) is 0 Å². The Bertz CT molecular complexity index is 618. The number of rotatable bonds is 3. The molecule has 0 saturated heterocycles. The summed E-state index contributed by atoms with van der Waals surface area (Å²) < 4.78 is 18.3. The number of ketones is 1. The summed E-state index contributed by atoms with van der Waals surface area (Å²) >= 11 is 5.97. The highest BCUT2D eigenvalue weighted by atomic mass is 35.5. The van der Waals surface area contributed by atoms with Gasteiger partial charge in [-0.15, -0.1) is 0 Å². The number of halogens is 2.